The van der Waals surface area contributed by atoms with Crippen LogP contribution >= 0.6 is 23.2 Å². The lowest BCUT2D eigenvalue weighted by molar-refractivity contribution is -0.134. The SMILES string of the molecule is CCCNC(=O)CCC(=O)N1CCN(S(=O)(=O)c2c(Cl)cccc2Cl)CC1. The maximum Gasteiger partial charge on any atom is 0.246 e. The molecule has 0 saturated carbocycles. The summed E-state index contributed by atoms with van der Waals surface area (Å²) in [7, 11) is -3.84. The number of hydrogen-bond acceptors (Lipinski definition) is 4. The van der Waals surface area contributed by atoms with Crippen molar-refractivity contribution in [2.24, 2.45) is 0 Å². The van der Waals surface area contributed by atoms with Crippen LogP contribution < -0.4 is 5.32 Å². The quantitative estimate of drug-likeness (QED) is 0.710. The van der Waals surface area contributed by atoms with Crippen LogP contribution in [0.2, 0.25) is 10.0 Å². The number of rotatable bonds is 7. The van der Waals surface area contributed by atoms with Gasteiger partial charge in [-0.2, -0.15) is 4.31 Å². The molecule has 1 aliphatic heterocycles. The van der Waals surface area contributed by atoms with Crippen LogP contribution in [-0.4, -0.2) is 62.2 Å². The van der Waals surface area contributed by atoms with Gasteiger partial charge in [-0.05, 0) is 18.6 Å². The molecule has 1 saturated heterocycles. The molecule has 2 amide bonds. The number of carbonyl (C=O) groups excluding carboxylic acids is 2. The van der Waals surface area contributed by atoms with Crippen molar-refractivity contribution in [2.45, 2.75) is 31.1 Å². The van der Waals surface area contributed by atoms with E-state index in [-0.39, 0.29) is 65.8 Å². The molecule has 0 atom stereocenters. The zero-order valence-electron chi connectivity index (χ0n) is 15.1. The van der Waals surface area contributed by atoms with Gasteiger partial charge in [-0.1, -0.05) is 36.2 Å². The highest BCUT2D eigenvalue weighted by Crippen LogP contribution is 2.31. The lowest BCUT2D eigenvalue weighted by atomic mass is 10.2. The molecule has 1 aromatic rings. The van der Waals surface area contributed by atoms with Crippen LogP contribution in [0, 0.1) is 0 Å². The second-order valence-electron chi connectivity index (χ2n) is 6.19. The summed E-state index contributed by atoms with van der Waals surface area (Å²) in [5, 5.41) is 2.86. The normalized spacial score (nSPS) is 15.6. The smallest absolute Gasteiger partial charge is 0.246 e. The van der Waals surface area contributed by atoms with Gasteiger partial charge in [0.15, 0.2) is 0 Å². The minimum Gasteiger partial charge on any atom is -0.356 e. The highest BCUT2D eigenvalue weighted by molar-refractivity contribution is 7.89. The predicted molar refractivity (Wildman–Crippen MR) is 104 cm³/mol. The lowest BCUT2D eigenvalue weighted by Gasteiger charge is -2.34. The van der Waals surface area contributed by atoms with E-state index >= 15 is 0 Å². The van der Waals surface area contributed by atoms with E-state index in [2.05, 4.69) is 5.32 Å². The molecular formula is C17H23Cl2N3O4S. The van der Waals surface area contributed by atoms with Crippen molar-refractivity contribution < 1.29 is 18.0 Å². The molecule has 150 valence electrons. The number of nitrogens with zero attached hydrogens (tertiary/aromatic N) is 2. The molecule has 0 spiro atoms. The Kier molecular flexibility index (Phi) is 7.91. The second kappa shape index (κ2) is 9.73. The summed E-state index contributed by atoms with van der Waals surface area (Å²) in [6.07, 6.45) is 1.08. The van der Waals surface area contributed by atoms with Gasteiger partial charge >= 0.3 is 0 Å². The van der Waals surface area contributed by atoms with E-state index in [1.165, 1.54) is 16.4 Å². The van der Waals surface area contributed by atoms with Gasteiger partial charge in [0, 0.05) is 45.6 Å². The third kappa shape index (κ3) is 5.57. The Balaban J connectivity index is 1.93. The number of nitrogens with one attached hydrogen (secondary N) is 1. The van der Waals surface area contributed by atoms with E-state index in [0.717, 1.165) is 6.42 Å². The van der Waals surface area contributed by atoms with Crippen LogP contribution in [0.25, 0.3) is 0 Å². The Morgan fingerprint density at radius 3 is 2.22 bits per heavy atom. The monoisotopic (exact) mass is 435 g/mol. The topological polar surface area (TPSA) is 86.8 Å². The molecule has 0 bridgehead atoms. The Hall–Kier alpha value is -1.35. The van der Waals surface area contributed by atoms with Gasteiger partial charge < -0.3 is 10.2 Å². The molecule has 7 nitrogen and oxygen atoms in total. The first-order valence-electron chi connectivity index (χ1n) is 8.76. The van der Waals surface area contributed by atoms with E-state index in [4.69, 9.17) is 23.2 Å². The Labute approximate surface area is 169 Å². The van der Waals surface area contributed by atoms with Gasteiger partial charge in [0.05, 0.1) is 10.0 Å². The summed E-state index contributed by atoms with van der Waals surface area (Å²) in [6, 6.07) is 4.53. The molecule has 10 heteroatoms. The van der Waals surface area contributed by atoms with Crippen molar-refractivity contribution in [3.8, 4) is 0 Å². The number of amides is 2. The van der Waals surface area contributed by atoms with E-state index < -0.39 is 10.0 Å². The number of carbonyl (C=O) groups is 2. The molecule has 1 N–H and O–H groups in total. The number of hydrogen-bond donors (Lipinski definition) is 1. The van der Waals surface area contributed by atoms with Crippen molar-refractivity contribution in [1.82, 2.24) is 14.5 Å². The number of piperazine rings is 1. The van der Waals surface area contributed by atoms with Gasteiger partial charge in [-0.3, -0.25) is 9.59 Å². The third-order valence-corrected chi connectivity index (χ3v) is 7.10. The lowest BCUT2D eigenvalue weighted by Crippen LogP contribution is -2.50. The van der Waals surface area contributed by atoms with E-state index in [1.54, 1.807) is 11.0 Å². The Morgan fingerprint density at radius 1 is 1.07 bits per heavy atom. The van der Waals surface area contributed by atoms with Crippen molar-refractivity contribution >= 4 is 45.0 Å². The largest absolute Gasteiger partial charge is 0.356 e. The van der Waals surface area contributed by atoms with E-state index in [0.29, 0.717) is 6.54 Å². The molecule has 0 unspecified atom stereocenters. The van der Waals surface area contributed by atoms with Gasteiger partial charge in [0.1, 0.15) is 4.90 Å². The summed E-state index contributed by atoms with van der Waals surface area (Å²) in [6.45, 7) is 3.37. The van der Waals surface area contributed by atoms with Crippen LogP contribution in [-0.2, 0) is 19.6 Å². The zero-order valence-corrected chi connectivity index (χ0v) is 17.4. The first kappa shape index (κ1) is 21.9. The van der Waals surface area contributed by atoms with E-state index in [1.807, 2.05) is 6.92 Å². The number of benzene rings is 1. The molecule has 0 aromatic heterocycles. The molecule has 1 aliphatic rings. The molecule has 0 radical (unpaired) electrons. The minimum atomic E-state index is -3.84. The van der Waals surface area contributed by atoms with Gasteiger partial charge in [-0.25, -0.2) is 8.42 Å². The minimum absolute atomic E-state index is 0.0686. The molecule has 1 heterocycles. The van der Waals surface area contributed by atoms with Gasteiger partial charge in [0.2, 0.25) is 21.8 Å². The van der Waals surface area contributed by atoms with Crippen LogP contribution in [0.1, 0.15) is 26.2 Å². The van der Waals surface area contributed by atoms with Crippen molar-refractivity contribution in [3.05, 3.63) is 28.2 Å². The van der Waals surface area contributed by atoms with Crippen LogP contribution in [0.4, 0.5) is 0 Å². The summed E-state index contributed by atoms with van der Waals surface area (Å²) in [5.41, 5.74) is 0. The zero-order chi connectivity index (χ0) is 20.0. The summed E-state index contributed by atoms with van der Waals surface area (Å²) in [4.78, 5) is 25.3. The van der Waals surface area contributed by atoms with Gasteiger partial charge in [0.25, 0.3) is 0 Å². The Morgan fingerprint density at radius 2 is 1.67 bits per heavy atom. The molecular weight excluding hydrogens is 413 g/mol. The molecule has 2 rings (SSSR count). The number of sulfonamides is 1. The second-order valence-corrected chi connectivity index (χ2v) is 8.87. The van der Waals surface area contributed by atoms with Crippen LogP contribution in [0.3, 0.4) is 0 Å². The maximum atomic E-state index is 12.8. The highest BCUT2D eigenvalue weighted by Gasteiger charge is 2.32. The molecule has 0 aliphatic carbocycles. The van der Waals surface area contributed by atoms with E-state index in [9.17, 15) is 18.0 Å². The fraction of sp³-hybridized carbons (Fsp3) is 0.529. The Bertz CT molecular complexity index is 773. The maximum absolute atomic E-state index is 12.8. The average Bonchev–Trinajstić information content (AvgIpc) is 2.64. The highest BCUT2D eigenvalue weighted by atomic mass is 35.5. The first-order valence-corrected chi connectivity index (χ1v) is 11.0. The molecule has 27 heavy (non-hydrogen) atoms. The van der Waals surface area contributed by atoms with Crippen LogP contribution in [0.15, 0.2) is 23.1 Å². The van der Waals surface area contributed by atoms with Gasteiger partial charge in [-0.15, -0.1) is 0 Å². The van der Waals surface area contributed by atoms with Crippen molar-refractivity contribution in [1.29, 1.82) is 0 Å². The van der Waals surface area contributed by atoms with Crippen LogP contribution in [0.5, 0.6) is 0 Å². The summed E-state index contributed by atoms with van der Waals surface area (Å²) < 4.78 is 26.9. The first-order chi connectivity index (χ1) is 12.8. The fourth-order valence-corrected chi connectivity index (χ4v) is 5.28. The standard InChI is InChI=1S/C17H23Cl2N3O4S/c1-2-8-20-15(23)6-7-16(24)21-9-11-22(12-10-21)27(25,26)17-13(18)4-3-5-14(17)19/h3-5H,2,6-12H2,1H3,(H,20,23). The van der Waals surface area contributed by atoms with Crippen molar-refractivity contribution in [3.63, 3.8) is 0 Å². The summed E-state index contributed by atoms with van der Waals surface area (Å²) in [5.74, 6) is -0.311. The molecule has 1 aromatic carbocycles. The third-order valence-electron chi connectivity index (χ3n) is 4.25. The fourth-order valence-electron chi connectivity index (χ4n) is 2.77. The average molecular weight is 436 g/mol. The number of halogens is 2. The molecule has 1 fully saturated rings. The van der Waals surface area contributed by atoms with Crippen molar-refractivity contribution in [2.75, 3.05) is 32.7 Å². The summed E-state index contributed by atoms with van der Waals surface area (Å²) >= 11 is 12.1. The predicted octanol–water partition coefficient (Wildman–Crippen LogP) is 2.13.